The van der Waals surface area contributed by atoms with Gasteiger partial charge in [0.25, 0.3) is 0 Å². The maximum absolute atomic E-state index is 10.9. The van der Waals surface area contributed by atoms with Crippen molar-refractivity contribution in [1.82, 2.24) is 0 Å². The fraction of sp³-hybridized carbons (Fsp3) is 0.143. The highest BCUT2D eigenvalue weighted by atomic mass is 16.5. The third-order valence-electron chi connectivity index (χ3n) is 2.20. The second kappa shape index (κ2) is 7.06. The molecule has 0 radical (unpaired) electrons. The number of allylic oxidation sites excluding steroid dienone is 2. The van der Waals surface area contributed by atoms with E-state index in [1.165, 1.54) is 19.3 Å². The lowest BCUT2D eigenvalue weighted by Crippen LogP contribution is -1.94. The van der Waals surface area contributed by atoms with E-state index >= 15 is 0 Å². The van der Waals surface area contributed by atoms with Crippen molar-refractivity contribution in [3.8, 4) is 5.75 Å². The molecule has 0 atom stereocenters. The Morgan fingerprint density at radius 3 is 2.28 bits per heavy atom. The van der Waals surface area contributed by atoms with Crippen molar-refractivity contribution in [3.05, 3.63) is 47.6 Å². The summed E-state index contributed by atoms with van der Waals surface area (Å²) in [5.74, 6) is 0.238. The van der Waals surface area contributed by atoms with Crippen LogP contribution in [-0.4, -0.2) is 26.5 Å². The minimum Gasteiger partial charge on any atom is -0.497 e. The molecule has 1 rings (SSSR count). The van der Waals surface area contributed by atoms with Gasteiger partial charge < -0.3 is 9.47 Å². The summed E-state index contributed by atoms with van der Waals surface area (Å²) in [6.45, 7) is 0. The van der Waals surface area contributed by atoms with Crippen molar-refractivity contribution >= 4 is 18.3 Å². The Morgan fingerprint density at radius 2 is 1.78 bits per heavy atom. The Morgan fingerprint density at radius 1 is 1.11 bits per heavy atom. The molecular weight excluding hydrogens is 232 g/mol. The molecule has 0 N–H and O–H groups in total. The molecule has 0 aliphatic heterocycles. The first kappa shape index (κ1) is 13.7. The maximum Gasteiger partial charge on any atom is 0.330 e. The highest BCUT2D eigenvalue weighted by molar-refractivity contribution is 5.89. The summed E-state index contributed by atoms with van der Waals surface area (Å²) in [6.07, 6.45) is 4.93. The molecule has 94 valence electrons. The van der Waals surface area contributed by atoms with Crippen LogP contribution < -0.4 is 4.74 Å². The molecule has 0 heterocycles. The molecule has 0 aliphatic carbocycles. The van der Waals surface area contributed by atoms with E-state index in [4.69, 9.17) is 4.74 Å². The van der Waals surface area contributed by atoms with E-state index in [0.717, 1.165) is 11.3 Å². The molecule has 0 fully saturated rings. The van der Waals surface area contributed by atoms with Crippen LogP contribution in [0.5, 0.6) is 5.75 Å². The molecule has 1 aromatic rings. The number of aldehydes is 1. The van der Waals surface area contributed by atoms with Gasteiger partial charge in [0.05, 0.1) is 14.2 Å². The number of methoxy groups -OCH3 is 2. The van der Waals surface area contributed by atoms with Crippen molar-refractivity contribution in [3.63, 3.8) is 0 Å². The summed E-state index contributed by atoms with van der Waals surface area (Å²) in [6, 6.07) is 7.21. The zero-order valence-corrected chi connectivity index (χ0v) is 10.3. The Hall–Kier alpha value is -2.36. The SMILES string of the molecule is COC(=O)C=CC(C=O)=Cc1ccc(OC)cc1. The Balaban J connectivity index is 2.86. The van der Waals surface area contributed by atoms with Gasteiger partial charge in [-0.15, -0.1) is 0 Å². The summed E-state index contributed by atoms with van der Waals surface area (Å²) in [4.78, 5) is 21.7. The van der Waals surface area contributed by atoms with E-state index in [0.29, 0.717) is 11.9 Å². The van der Waals surface area contributed by atoms with E-state index in [1.54, 1.807) is 25.3 Å². The first-order valence-corrected chi connectivity index (χ1v) is 5.26. The van der Waals surface area contributed by atoms with Gasteiger partial charge in [-0.05, 0) is 29.8 Å². The van der Waals surface area contributed by atoms with Crippen molar-refractivity contribution in [2.75, 3.05) is 14.2 Å². The third-order valence-corrected chi connectivity index (χ3v) is 2.20. The third kappa shape index (κ3) is 4.25. The highest BCUT2D eigenvalue weighted by Crippen LogP contribution is 2.13. The second-order valence-corrected chi connectivity index (χ2v) is 3.39. The number of esters is 1. The standard InChI is InChI=1S/C14H14O4/c1-17-13-6-3-11(4-7-13)9-12(10-15)5-8-14(16)18-2/h3-10H,1-2H3. The van der Waals surface area contributed by atoms with Crippen molar-refractivity contribution in [2.24, 2.45) is 0 Å². The van der Waals surface area contributed by atoms with E-state index < -0.39 is 5.97 Å². The lowest BCUT2D eigenvalue weighted by atomic mass is 10.1. The molecular formula is C14H14O4. The first-order chi connectivity index (χ1) is 8.69. The van der Waals surface area contributed by atoms with Crippen LogP contribution in [0.1, 0.15) is 5.56 Å². The van der Waals surface area contributed by atoms with Crippen LogP contribution in [0.2, 0.25) is 0 Å². The molecule has 18 heavy (non-hydrogen) atoms. The lowest BCUT2D eigenvalue weighted by Gasteiger charge is -1.99. The summed E-state index contributed by atoms with van der Waals surface area (Å²) >= 11 is 0. The molecule has 0 amide bonds. The predicted octanol–water partition coefficient (Wildman–Crippen LogP) is 2.01. The largest absolute Gasteiger partial charge is 0.497 e. The molecule has 0 aromatic heterocycles. The zero-order valence-electron chi connectivity index (χ0n) is 10.3. The van der Waals surface area contributed by atoms with E-state index in [-0.39, 0.29) is 0 Å². The van der Waals surface area contributed by atoms with E-state index in [1.807, 2.05) is 12.1 Å². The van der Waals surface area contributed by atoms with Gasteiger partial charge in [-0.3, -0.25) is 4.79 Å². The van der Waals surface area contributed by atoms with E-state index in [9.17, 15) is 9.59 Å². The van der Waals surface area contributed by atoms with Gasteiger partial charge in [-0.1, -0.05) is 12.1 Å². The Kier molecular flexibility index (Phi) is 5.38. The van der Waals surface area contributed by atoms with Gasteiger partial charge in [0.2, 0.25) is 0 Å². The number of benzene rings is 1. The topological polar surface area (TPSA) is 52.6 Å². The molecule has 0 unspecified atom stereocenters. The number of carbonyl (C=O) groups is 2. The predicted molar refractivity (Wildman–Crippen MR) is 68.2 cm³/mol. The minimum absolute atomic E-state index is 0.380. The van der Waals surface area contributed by atoms with Crippen LogP contribution in [0, 0.1) is 0 Å². The molecule has 0 spiro atoms. The van der Waals surface area contributed by atoms with E-state index in [2.05, 4.69) is 4.74 Å². The molecule has 4 heteroatoms. The molecule has 0 saturated heterocycles. The average molecular weight is 246 g/mol. The number of hydrogen-bond acceptors (Lipinski definition) is 4. The van der Waals surface area contributed by atoms with Crippen LogP contribution in [0.25, 0.3) is 6.08 Å². The molecule has 4 nitrogen and oxygen atoms in total. The quantitative estimate of drug-likeness (QED) is 0.345. The van der Waals surface area contributed by atoms with Crippen LogP contribution in [0.3, 0.4) is 0 Å². The fourth-order valence-electron chi connectivity index (χ4n) is 1.25. The number of rotatable bonds is 5. The monoisotopic (exact) mass is 246 g/mol. The van der Waals surface area contributed by atoms with Crippen LogP contribution in [-0.2, 0) is 14.3 Å². The minimum atomic E-state index is -0.502. The van der Waals surface area contributed by atoms with Gasteiger partial charge in [-0.2, -0.15) is 0 Å². The molecule has 0 aliphatic rings. The summed E-state index contributed by atoms with van der Waals surface area (Å²) in [5, 5.41) is 0. The zero-order chi connectivity index (χ0) is 13.4. The maximum atomic E-state index is 10.9. The number of ether oxygens (including phenoxy) is 2. The first-order valence-electron chi connectivity index (χ1n) is 5.26. The number of carbonyl (C=O) groups excluding carboxylic acids is 2. The average Bonchev–Trinajstić information content (AvgIpc) is 2.43. The molecule has 0 saturated carbocycles. The van der Waals surface area contributed by atoms with Crippen LogP contribution in [0.15, 0.2) is 42.0 Å². The van der Waals surface area contributed by atoms with Gasteiger partial charge >= 0.3 is 5.97 Å². The van der Waals surface area contributed by atoms with Crippen LogP contribution >= 0.6 is 0 Å². The van der Waals surface area contributed by atoms with Gasteiger partial charge in [0.1, 0.15) is 12.0 Å². The van der Waals surface area contributed by atoms with Gasteiger partial charge in [0, 0.05) is 11.6 Å². The lowest BCUT2D eigenvalue weighted by molar-refractivity contribution is -0.134. The summed E-state index contributed by atoms with van der Waals surface area (Å²) in [5.41, 5.74) is 1.22. The Labute approximate surface area is 106 Å². The summed E-state index contributed by atoms with van der Waals surface area (Å²) in [7, 11) is 2.86. The Bertz CT molecular complexity index is 469. The van der Waals surface area contributed by atoms with Crippen LogP contribution in [0.4, 0.5) is 0 Å². The molecule has 0 bridgehead atoms. The molecule has 1 aromatic carbocycles. The highest BCUT2D eigenvalue weighted by Gasteiger charge is 1.96. The summed E-state index contributed by atoms with van der Waals surface area (Å²) < 4.78 is 9.47. The normalized spacial score (nSPS) is 11.3. The van der Waals surface area contributed by atoms with Crippen molar-refractivity contribution < 1.29 is 19.1 Å². The second-order valence-electron chi connectivity index (χ2n) is 3.39. The number of hydrogen-bond donors (Lipinski definition) is 0. The smallest absolute Gasteiger partial charge is 0.330 e. The van der Waals surface area contributed by atoms with Gasteiger partial charge in [0.15, 0.2) is 0 Å². The fourth-order valence-corrected chi connectivity index (χ4v) is 1.25. The van der Waals surface area contributed by atoms with Gasteiger partial charge in [-0.25, -0.2) is 4.79 Å². The van der Waals surface area contributed by atoms with Crippen molar-refractivity contribution in [2.45, 2.75) is 0 Å². The van der Waals surface area contributed by atoms with Crippen molar-refractivity contribution in [1.29, 1.82) is 0 Å².